The molecule has 5 nitrogen and oxygen atoms in total. The number of likely N-dealkylation sites (N-methyl/N-ethyl adjacent to an activating group) is 1. The molecule has 0 aliphatic rings. The van der Waals surface area contributed by atoms with Gasteiger partial charge in [0, 0.05) is 6.54 Å². The van der Waals surface area contributed by atoms with Crippen LogP contribution in [-0.2, 0) is 0 Å². The van der Waals surface area contributed by atoms with Crippen LogP contribution in [0.25, 0.3) is 0 Å². The molecule has 5 heteroatoms. The van der Waals surface area contributed by atoms with E-state index in [0.717, 1.165) is 6.54 Å². The summed E-state index contributed by atoms with van der Waals surface area (Å²) in [4.78, 5) is 10.0. The molecule has 0 aromatic carbocycles. The Morgan fingerprint density at radius 1 is 1.56 bits per heavy atom. The molecule has 0 saturated carbocycles. The predicted octanol–water partition coefficient (Wildman–Crippen LogP) is -0.318. The zero-order valence-electron chi connectivity index (χ0n) is 5.61. The Bertz CT molecular complexity index is 57.8. The van der Waals surface area contributed by atoms with Crippen LogP contribution < -0.4 is 0 Å². The molecule has 0 amide bonds. The highest BCUT2D eigenvalue weighted by Gasteiger charge is 1.80. The highest BCUT2D eigenvalue weighted by Crippen LogP contribution is 1.66. The van der Waals surface area contributed by atoms with Gasteiger partial charge in [0.25, 0.3) is 0 Å². The van der Waals surface area contributed by atoms with Gasteiger partial charge < -0.3 is 15.2 Å². The molecule has 0 unspecified atom stereocenters. The number of aliphatic hydroxyl groups excluding tert-OH is 1. The Hall–Kier alpha value is -0.680. The normalized spacial score (nSPS) is 8.00. The largest absolute Gasteiger partial charge is 0.395 e. The van der Waals surface area contributed by atoms with Gasteiger partial charge in [-0.3, -0.25) is 0 Å². The van der Waals surface area contributed by atoms with E-state index in [4.69, 9.17) is 15.2 Å². The topological polar surface area (TPSA) is 73.1 Å². The van der Waals surface area contributed by atoms with E-state index in [1.807, 2.05) is 19.0 Å². The van der Waals surface area contributed by atoms with E-state index in [9.17, 15) is 0 Å². The lowest BCUT2D eigenvalue weighted by molar-refractivity contribution is 0.243. The van der Waals surface area contributed by atoms with Gasteiger partial charge in [-0.2, -0.15) is 0 Å². The molecule has 2 N–H and O–H groups in total. The number of rotatable bonds is 2. The van der Waals surface area contributed by atoms with E-state index in [1.54, 1.807) is 0 Å². The molecule has 56 valence electrons. The minimum Gasteiger partial charge on any atom is -0.395 e. The van der Waals surface area contributed by atoms with Crippen LogP contribution in [0.5, 0.6) is 0 Å². The van der Waals surface area contributed by atoms with Crippen molar-refractivity contribution in [2.75, 3.05) is 27.2 Å². The van der Waals surface area contributed by atoms with Crippen molar-refractivity contribution in [2.24, 2.45) is 5.34 Å². The van der Waals surface area contributed by atoms with Crippen molar-refractivity contribution in [2.45, 2.75) is 0 Å². The molecule has 0 aliphatic carbocycles. The van der Waals surface area contributed by atoms with E-state index in [0.29, 0.717) is 0 Å². The number of hydrogen-bond acceptors (Lipinski definition) is 4. The van der Waals surface area contributed by atoms with Crippen molar-refractivity contribution in [3.63, 3.8) is 0 Å². The van der Waals surface area contributed by atoms with Gasteiger partial charge in [0.15, 0.2) is 5.34 Å². The molecule has 0 aromatic heterocycles. The number of aliphatic hydroxyl groups is 1. The second kappa shape index (κ2) is 10.3. The Morgan fingerprint density at radius 2 is 1.89 bits per heavy atom. The van der Waals surface area contributed by atoms with Gasteiger partial charge >= 0.3 is 0 Å². The molecule has 0 atom stereocenters. The highest BCUT2D eigenvalue weighted by atomic mass is 16.6. The predicted molar refractivity (Wildman–Crippen MR) is 33.2 cm³/mol. The summed E-state index contributed by atoms with van der Waals surface area (Å²) in [5.74, 6) is 0. The molecular formula is C4H12N2O3. The van der Waals surface area contributed by atoms with Crippen LogP contribution in [0.15, 0.2) is 5.34 Å². The summed E-state index contributed by atoms with van der Waals surface area (Å²) in [6, 6.07) is 0. The highest BCUT2D eigenvalue weighted by molar-refractivity contribution is 4.34. The fourth-order valence-electron chi connectivity index (χ4n) is 0.200. The Balaban J connectivity index is 0. The molecule has 0 rings (SSSR count). The zero-order chi connectivity index (χ0) is 7.70. The third-order valence-electron chi connectivity index (χ3n) is 0.547. The first kappa shape index (κ1) is 11.2. The van der Waals surface area contributed by atoms with Crippen molar-refractivity contribution in [3.8, 4) is 0 Å². The molecule has 0 bridgehead atoms. The monoisotopic (exact) mass is 136 g/mol. The molecular weight excluding hydrogens is 124 g/mol. The molecule has 0 aliphatic heterocycles. The van der Waals surface area contributed by atoms with E-state index in [2.05, 4.69) is 0 Å². The summed E-state index contributed by atoms with van der Waals surface area (Å²) in [6.45, 7) is 1.02. The number of hydrogen-bond donors (Lipinski definition) is 2. The summed E-state index contributed by atoms with van der Waals surface area (Å²) < 4.78 is 0. The molecule has 9 heavy (non-hydrogen) atoms. The maximum Gasteiger partial charge on any atom is 0.152 e. The lowest BCUT2D eigenvalue weighted by Gasteiger charge is -2.03. The quantitative estimate of drug-likeness (QED) is 0.403. The second-order valence-corrected chi connectivity index (χ2v) is 1.61. The van der Waals surface area contributed by atoms with Gasteiger partial charge in [0.1, 0.15) is 0 Å². The number of nitrogens with zero attached hydrogens (tertiary/aromatic N) is 2. The Labute approximate surface area is 53.8 Å². The average molecular weight is 136 g/mol. The van der Waals surface area contributed by atoms with E-state index < -0.39 is 0 Å². The summed E-state index contributed by atoms with van der Waals surface area (Å²) in [6.07, 6.45) is 0. The minimum absolute atomic E-state index is 0.257. The molecule has 0 aromatic rings. The second-order valence-electron chi connectivity index (χ2n) is 1.61. The van der Waals surface area contributed by atoms with Crippen LogP contribution in [0.3, 0.4) is 0 Å². The van der Waals surface area contributed by atoms with Crippen LogP contribution >= 0.6 is 0 Å². The first-order valence-electron chi connectivity index (χ1n) is 2.41. The summed E-state index contributed by atoms with van der Waals surface area (Å²) in [5.41, 5.74) is 0. The maximum atomic E-state index is 8.20. The third-order valence-corrected chi connectivity index (χ3v) is 0.547. The van der Waals surface area contributed by atoms with Crippen molar-refractivity contribution < 1.29 is 10.3 Å². The molecule has 0 radical (unpaired) electrons. The van der Waals surface area contributed by atoms with Crippen molar-refractivity contribution in [1.29, 1.82) is 0 Å². The van der Waals surface area contributed by atoms with Gasteiger partial charge in [-0.1, -0.05) is 0 Å². The molecule has 0 saturated heterocycles. The lowest BCUT2D eigenvalue weighted by Crippen LogP contribution is -2.15. The summed E-state index contributed by atoms with van der Waals surface area (Å²) >= 11 is 0. The van der Waals surface area contributed by atoms with E-state index >= 15 is 0 Å². The van der Waals surface area contributed by atoms with Gasteiger partial charge in [0.2, 0.25) is 0 Å². The molecule has 0 spiro atoms. The first-order chi connectivity index (χ1) is 4.18. The minimum atomic E-state index is 0.257. The smallest absolute Gasteiger partial charge is 0.152 e. The fourth-order valence-corrected chi connectivity index (χ4v) is 0.200. The summed E-state index contributed by atoms with van der Waals surface area (Å²) in [5, 5.41) is 16.1. The van der Waals surface area contributed by atoms with Gasteiger partial charge in [-0.25, -0.2) is 0 Å². The zero-order valence-corrected chi connectivity index (χ0v) is 5.61. The van der Waals surface area contributed by atoms with Crippen LogP contribution in [-0.4, -0.2) is 42.5 Å². The van der Waals surface area contributed by atoms with E-state index in [-0.39, 0.29) is 6.61 Å². The van der Waals surface area contributed by atoms with E-state index in [1.165, 1.54) is 5.34 Å². The van der Waals surface area contributed by atoms with Gasteiger partial charge in [-0.05, 0) is 14.1 Å². The molecule has 0 heterocycles. The van der Waals surface area contributed by atoms with Crippen molar-refractivity contribution in [3.05, 3.63) is 4.91 Å². The van der Waals surface area contributed by atoms with Crippen molar-refractivity contribution in [1.82, 2.24) is 4.90 Å². The Kier molecular flexibility index (Phi) is 12.8. The fraction of sp³-hybridized carbons (Fsp3) is 1.00. The van der Waals surface area contributed by atoms with Crippen LogP contribution in [0, 0.1) is 4.91 Å². The third kappa shape index (κ3) is 38.5. The van der Waals surface area contributed by atoms with Gasteiger partial charge in [0.05, 0.1) is 6.61 Å². The van der Waals surface area contributed by atoms with Crippen LogP contribution in [0.4, 0.5) is 0 Å². The standard InChI is InChI=1S/C4H11NO.HNO2/c1-5(2)3-4-6;2-1-3/h6H,3-4H2,1-2H3;(H,2,3). The average Bonchev–Trinajstić information content (AvgIpc) is 1.67. The molecule has 0 fully saturated rings. The van der Waals surface area contributed by atoms with Crippen molar-refractivity contribution >= 4 is 0 Å². The Morgan fingerprint density at radius 3 is 1.89 bits per heavy atom. The SMILES string of the molecule is CN(C)CCO.O=NO. The first-order valence-corrected chi connectivity index (χ1v) is 2.41. The van der Waals surface area contributed by atoms with Crippen LogP contribution in [0.1, 0.15) is 0 Å². The summed E-state index contributed by atoms with van der Waals surface area (Å²) in [7, 11) is 3.85. The lowest BCUT2D eigenvalue weighted by atomic mass is 10.6. The van der Waals surface area contributed by atoms with Crippen LogP contribution in [0.2, 0.25) is 0 Å². The van der Waals surface area contributed by atoms with Gasteiger partial charge in [-0.15, -0.1) is 4.91 Å². The maximum absolute atomic E-state index is 8.20.